The Labute approximate surface area is 121 Å². The molecule has 2 aromatic carbocycles. The summed E-state index contributed by atoms with van der Waals surface area (Å²) in [5, 5.41) is 0. The zero-order chi connectivity index (χ0) is 13.7. The van der Waals surface area contributed by atoms with Crippen LogP contribution in [0, 0.1) is 0 Å². The van der Waals surface area contributed by atoms with Crippen LogP contribution in [0.4, 0.5) is 0 Å². The molecule has 0 aliphatic carbocycles. The summed E-state index contributed by atoms with van der Waals surface area (Å²) in [6, 6.07) is 13.3. The summed E-state index contributed by atoms with van der Waals surface area (Å²) in [6.07, 6.45) is 0. The van der Waals surface area contributed by atoms with Gasteiger partial charge in [-0.15, -0.1) is 0 Å². The Balaban J connectivity index is 2.10. The van der Waals surface area contributed by atoms with Crippen molar-refractivity contribution in [3.63, 3.8) is 0 Å². The third-order valence-electron chi connectivity index (χ3n) is 2.61. The average Bonchev–Trinajstić information content (AvgIpc) is 2.42. The Kier molecular flexibility index (Phi) is 4.82. The summed E-state index contributed by atoms with van der Waals surface area (Å²) in [5.74, 6) is 2.39. The highest BCUT2D eigenvalue weighted by Gasteiger charge is 2.02. The molecule has 0 fully saturated rings. The van der Waals surface area contributed by atoms with E-state index in [-0.39, 0.29) is 0 Å². The van der Waals surface area contributed by atoms with Gasteiger partial charge in [0.1, 0.15) is 17.2 Å². The van der Waals surface area contributed by atoms with Gasteiger partial charge < -0.3 is 15.2 Å². The van der Waals surface area contributed by atoms with Crippen LogP contribution in [0.3, 0.4) is 0 Å². The van der Waals surface area contributed by atoms with E-state index in [4.69, 9.17) is 15.2 Å². The number of ether oxygens (including phenoxy) is 2. The van der Waals surface area contributed by atoms with E-state index >= 15 is 0 Å². The molecule has 0 unspecified atom stereocenters. The Bertz CT molecular complexity index is 540. The van der Waals surface area contributed by atoms with E-state index in [9.17, 15) is 0 Å². The van der Waals surface area contributed by atoms with Gasteiger partial charge in [-0.05, 0) is 48.9 Å². The van der Waals surface area contributed by atoms with Gasteiger partial charge >= 0.3 is 0 Å². The van der Waals surface area contributed by atoms with Crippen molar-refractivity contribution in [2.45, 2.75) is 13.5 Å². The van der Waals surface area contributed by atoms with Crippen molar-refractivity contribution in [2.75, 3.05) is 6.61 Å². The maximum Gasteiger partial charge on any atom is 0.128 e. The van der Waals surface area contributed by atoms with Crippen molar-refractivity contribution < 1.29 is 9.47 Å². The lowest BCUT2D eigenvalue weighted by Crippen LogP contribution is -1.97. The van der Waals surface area contributed by atoms with Crippen molar-refractivity contribution in [1.82, 2.24) is 0 Å². The molecule has 2 aromatic rings. The molecule has 0 saturated carbocycles. The molecular weight excluding hydrogens is 306 g/mol. The molecule has 4 heteroatoms. The highest BCUT2D eigenvalue weighted by molar-refractivity contribution is 9.10. The molecule has 2 rings (SSSR count). The maximum atomic E-state index is 5.77. The molecule has 3 nitrogen and oxygen atoms in total. The minimum Gasteiger partial charge on any atom is -0.494 e. The molecule has 0 radical (unpaired) electrons. The first-order valence-electron chi connectivity index (χ1n) is 6.12. The highest BCUT2D eigenvalue weighted by Crippen LogP contribution is 2.28. The lowest BCUT2D eigenvalue weighted by atomic mass is 10.2. The SMILES string of the molecule is CCOc1ccc(Oc2ccc(CN)c(Br)c2)cc1. The minimum absolute atomic E-state index is 0.504. The fourth-order valence-electron chi connectivity index (χ4n) is 1.66. The number of hydrogen-bond donors (Lipinski definition) is 1. The van der Waals surface area contributed by atoms with Crippen molar-refractivity contribution in [1.29, 1.82) is 0 Å². The molecule has 2 N–H and O–H groups in total. The number of hydrogen-bond acceptors (Lipinski definition) is 3. The molecule has 0 bridgehead atoms. The number of nitrogens with two attached hydrogens (primary N) is 1. The van der Waals surface area contributed by atoms with Gasteiger partial charge in [-0.2, -0.15) is 0 Å². The van der Waals surface area contributed by atoms with E-state index in [0.29, 0.717) is 13.2 Å². The van der Waals surface area contributed by atoms with Gasteiger partial charge in [-0.25, -0.2) is 0 Å². The maximum absolute atomic E-state index is 5.77. The molecular formula is C15H16BrNO2. The summed E-state index contributed by atoms with van der Waals surface area (Å²) in [6.45, 7) is 3.12. The Morgan fingerprint density at radius 3 is 2.21 bits per heavy atom. The van der Waals surface area contributed by atoms with E-state index in [2.05, 4.69) is 15.9 Å². The first kappa shape index (κ1) is 13.9. The summed E-state index contributed by atoms with van der Waals surface area (Å²) < 4.78 is 12.1. The van der Waals surface area contributed by atoms with Crippen LogP contribution in [0.2, 0.25) is 0 Å². The van der Waals surface area contributed by atoms with Crippen LogP contribution in [-0.4, -0.2) is 6.61 Å². The molecule has 0 aliphatic rings. The van der Waals surface area contributed by atoms with Crippen molar-refractivity contribution >= 4 is 15.9 Å². The molecule has 0 heterocycles. The van der Waals surface area contributed by atoms with Gasteiger partial charge in [0.25, 0.3) is 0 Å². The third kappa shape index (κ3) is 3.72. The summed E-state index contributed by atoms with van der Waals surface area (Å²) in [7, 11) is 0. The lowest BCUT2D eigenvalue weighted by Gasteiger charge is -2.09. The van der Waals surface area contributed by atoms with E-state index in [1.54, 1.807) is 0 Å². The van der Waals surface area contributed by atoms with E-state index in [1.165, 1.54) is 0 Å². The van der Waals surface area contributed by atoms with E-state index in [0.717, 1.165) is 27.3 Å². The zero-order valence-corrected chi connectivity index (χ0v) is 12.3. The Morgan fingerprint density at radius 2 is 1.63 bits per heavy atom. The average molecular weight is 322 g/mol. The largest absolute Gasteiger partial charge is 0.494 e. The molecule has 0 aliphatic heterocycles. The van der Waals surface area contributed by atoms with E-state index in [1.807, 2.05) is 49.4 Å². The molecule has 0 aromatic heterocycles. The predicted octanol–water partition coefficient (Wildman–Crippen LogP) is 4.10. The van der Waals surface area contributed by atoms with Gasteiger partial charge in [0.2, 0.25) is 0 Å². The monoisotopic (exact) mass is 321 g/mol. The molecule has 100 valence electrons. The fraction of sp³-hybridized carbons (Fsp3) is 0.200. The summed E-state index contributed by atoms with van der Waals surface area (Å²) >= 11 is 3.47. The Morgan fingerprint density at radius 1 is 1.00 bits per heavy atom. The molecule has 19 heavy (non-hydrogen) atoms. The second-order valence-corrected chi connectivity index (χ2v) is 4.82. The number of rotatable bonds is 5. The van der Waals surface area contributed by atoms with Gasteiger partial charge in [-0.3, -0.25) is 0 Å². The molecule has 0 amide bonds. The molecule has 0 saturated heterocycles. The standard InChI is InChI=1S/C15H16BrNO2/c1-2-18-12-5-7-13(8-6-12)19-14-4-3-11(10-17)15(16)9-14/h3-9H,2,10,17H2,1H3. The predicted molar refractivity (Wildman–Crippen MR) is 79.7 cm³/mol. The highest BCUT2D eigenvalue weighted by atomic mass is 79.9. The normalized spacial score (nSPS) is 10.3. The second kappa shape index (κ2) is 6.59. The van der Waals surface area contributed by atoms with Gasteiger partial charge in [0.15, 0.2) is 0 Å². The smallest absolute Gasteiger partial charge is 0.128 e. The molecule has 0 spiro atoms. The van der Waals surface area contributed by atoms with Crippen molar-refractivity contribution in [3.8, 4) is 17.2 Å². The second-order valence-electron chi connectivity index (χ2n) is 3.96. The first-order chi connectivity index (χ1) is 9.22. The van der Waals surface area contributed by atoms with Crippen LogP contribution >= 0.6 is 15.9 Å². The van der Waals surface area contributed by atoms with Gasteiger partial charge in [-0.1, -0.05) is 22.0 Å². The van der Waals surface area contributed by atoms with E-state index < -0.39 is 0 Å². The van der Waals surface area contributed by atoms with Gasteiger partial charge in [0, 0.05) is 11.0 Å². The zero-order valence-electron chi connectivity index (χ0n) is 10.7. The lowest BCUT2D eigenvalue weighted by molar-refractivity contribution is 0.339. The van der Waals surface area contributed by atoms with Crippen LogP contribution in [0.25, 0.3) is 0 Å². The van der Waals surface area contributed by atoms with Crippen LogP contribution in [-0.2, 0) is 6.54 Å². The Hall–Kier alpha value is -1.52. The topological polar surface area (TPSA) is 44.5 Å². The minimum atomic E-state index is 0.504. The fourth-order valence-corrected chi connectivity index (χ4v) is 2.18. The van der Waals surface area contributed by atoms with Crippen LogP contribution in [0.15, 0.2) is 46.9 Å². The summed E-state index contributed by atoms with van der Waals surface area (Å²) in [5.41, 5.74) is 6.67. The summed E-state index contributed by atoms with van der Waals surface area (Å²) in [4.78, 5) is 0. The van der Waals surface area contributed by atoms with Crippen molar-refractivity contribution in [3.05, 3.63) is 52.5 Å². The van der Waals surface area contributed by atoms with Crippen LogP contribution in [0.1, 0.15) is 12.5 Å². The third-order valence-corrected chi connectivity index (χ3v) is 3.35. The van der Waals surface area contributed by atoms with Crippen LogP contribution in [0.5, 0.6) is 17.2 Å². The number of halogens is 1. The van der Waals surface area contributed by atoms with Gasteiger partial charge in [0.05, 0.1) is 6.61 Å². The quantitative estimate of drug-likeness (QED) is 0.901. The molecule has 0 atom stereocenters. The van der Waals surface area contributed by atoms with Crippen LogP contribution < -0.4 is 15.2 Å². The first-order valence-corrected chi connectivity index (χ1v) is 6.91. The number of benzene rings is 2. The van der Waals surface area contributed by atoms with Crippen molar-refractivity contribution in [2.24, 2.45) is 5.73 Å².